The average Bonchev–Trinajstić information content (AvgIpc) is 2.97. The lowest BCUT2D eigenvalue weighted by atomic mass is 10.1. The molecule has 1 aromatic heterocycles. The molecule has 0 bridgehead atoms. The minimum absolute atomic E-state index is 0.138. The van der Waals surface area contributed by atoms with E-state index in [1.165, 1.54) is 32.3 Å². The third-order valence-corrected chi connectivity index (χ3v) is 4.64. The number of nitrogens with one attached hydrogen (secondary N) is 2. The average molecular weight is 368 g/mol. The summed E-state index contributed by atoms with van der Waals surface area (Å²) in [4.78, 5) is 32.4. The molecule has 1 fully saturated rings. The van der Waals surface area contributed by atoms with Crippen molar-refractivity contribution in [3.8, 4) is 0 Å². The molecule has 27 heavy (non-hydrogen) atoms. The van der Waals surface area contributed by atoms with Crippen LogP contribution in [-0.2, 0) is 4.74 Å². The summed E-state index contributed by atoms with van der Waals surface area (Å²) in [5, 5.41) is 6.10. The zero-order chi connectivity index (χ0) is 19.1. The van der Waals surface area contributed by atoms with Gasteiger partial charge in [0.1, 0.15) is 0 Å². The summed E-state index contributed by atoms with van der Waals surface area (Å²) in [6.45, 7) is 0. The molecule has 2 N–H and O–H groups in total. The SMILES string of the molecule is COC(=O)c1cccc(Nc2ncc(C(=O)NC3CCCCCC3)cn2)c1. The summed E-state index contributed by atoms with van der Waals surface area (Å²) >= 11 is 0. The van der Waals surface area contributed by atoms with Crippen molar-refractivity contribution in [1.82, 2.24) is 15.3 Å². The second-order valence-corrected chi connectivity index (χ2v) is 6.65. The number of anilines is 2. The van der Waals surface area contributed by atoms with Gasteiger partial charge in [-0.2, -0.15) is 0 Å². The van der Waals surface area contributed by atoms with E-state index in [2.05, 4.69) is 20.6 Å². The Hall–Kier alpha value is -2.96. The number of esters is 1. The third kappa shape index (κ3) is 5.26. The summed E-state index contributed by atoms with van der Waals surface area (Å²) in [5.41, 5.74) is 1.53. The van der Waals surface area contributed by atoms with Gasteiger partial charge in [0.25, 0.3) is 5.91 Å². The van der Waals surface area contributed by atoms with Crippen molar-refractivity contribution in [3.63, 3.8) is 0 Å². The summed E-state index contributed by atoms with van der Waals surface area (Å²) in [5.74, 6) is -0.200. The van der Waals surface area contributed by atoms with Crippen molar-refractivity contribution in [3.05, 3.63) is 47.8 Å². The largest absolute Gasteiger partial charge is 0.465 e. The standard InChI is InChI=1S/C20H24N4O3/c1-27-19(26)14-7-6-10-17(11-14)24-20-21-12-15(13-22-20)18(25)23-16-8-4-2-3-5-9-16/h6-7,10-13,16H,2-5,8-9H2,1H3,(H,23,25)(H,21,22,24). The predicted octanol–water partition coefficient (Wildman–Crippen LogP) is 3.46. The summed E-state index contributed by atoms with van der Waals surface area (Å²) in [6, 6.07) is 7.09. The molecule has 2 aromatic rings. The van der Waals surface area contributed by atoms with Crippen LogP contribution in [0.4, 0.5) is 11.6 Å². The molecule has 0 spiro atoms. The molecular formula is C20H24N4O3. The van der Waals surface area contributed by atoms with Crippen molar-refractivity contribution in [2.45, 2.75) is 44.6 Å². The fraction of sp³-hybridized carbons (Fsp3) is 0.400. The van der Waals surface area contributed by atoms with Crippen LogP contribution in [0.2, 0.25) is 0 Å². The van der Waals surface area contributed by atoms with Crippen molar-refractivity contribution in [2.75, 3.05) is 12.4 Å². The molecule has 1 amide bonds. The molecule has 142 valence electrons. The maximum atomic E-state index is 12.4. The molecule has 7 nitrogen and oxygen atoms in total. The highest BCUT2D eigenvalue weighted by Gasteiger charge is 2.16. The van der Waals surface area contributed by atoms with Crippen molar-refractivity contribution in [1.29, 1.82) is 0 Å². The monoisotopic (exact) mass is 368 g/mol. The molecule has 1 saturated carbocycles. The van der Waals surface area contributed by atoms with Gasteiger partial charge in [-0.25, -0.2) is 14.8 Å². The van der Waals surface area contributed by atoms with Crippen molar-refractivity contribution in [2.24, 2.45) is 0 Å². The van der Waals surface area contributed by atoms with E-state index in [1.54, 1.807) is 24.3 Å². The number of amides is 1. The second kappa shape index (κ2) is 9.12. The van der Waals surface area contributed by atoms with Crippen LogP contribution in [0.3, 0.4) is 0 Å². The maximum Gasteiger partial charge on any atom is 0.337 e. The van der Waals surface area contributed by atoms with Crippen LogP contribution in [0.15, 0.2) is 36.7 Å². The highest BCUT2D eigenvalue weighted by Crippen LogP contribution is 2.18. The number of benzene rings is 1. The van der Waals surface area contributed by atoms with Gasteiger partial charge in [-0.15, -0.1) is 0 Å². The third-order valence-electron chi connectivity index (χ3n) is 4.64. The number of ether oxygens (including phenoxy) is 1. The number of rotatable bonds is 5. The minimum Gasteiger partial charge on any atom is -0.465 e. The van der Waals surface area contributed by atoms with Crippen LogP contribution in [-0.4, -0.2) is 35.0 Å². The molecule has 1 aromatic carbocycles. The number of hydrogen-bond acceptors (Lipinski definition) is 6. The summed E-state index contributed by atoms with van der Waals surface area (Å²) in [6.07, 6.45) is 9.88. The maximum absolute atomic E-state index is 12.4. The molecule has 3 rings (SSSR count). The number of aromatic nitrogens is 2. The van der Waals surface area contributed by atoms with E-state index in [9.17, 15) is 9.59 Å². The van der Waals surface area contributed by atoms with Crippen LogP contribution < -0.4 is 10.6 Å². The topological polar surface area (TPSA) is 93.2 Å². The molecule has 0 radical (unpaired) electrons. The Bertz CT molecular complexity index is 784. The van der Waals surface area contributed by atoms with E-state index >= 15 is 0 Å². The van der Waals surface area contributed by atoms with Gasteiger partial charge in [0, 0.05) is 24.1 Å². The minimum atomic E-state index is -0.412. The van der Waals surface area contributed by atoms with Crippen LogP contribution in [0.5, 0.6) is 0 Å². The van der Waals surface area contributed by atoms with Gasteiger partial charge in [0.05, 0.1) is 18.2 Å². The van der Waals surface area contributed by atoms with Gasteiger partial charge >= 0.3 is 5.97 Å². The molecule has 0 saturated heterocycles. The molecule has 0 atom stereocenters. The number of carbonyl (C=O) groups is 2. The number of methoxy groups -OCH3 is 1. The Labute approximate surface area is 158 Å². The first-order valence-electron chi connectivity index (χ1n) is 9.24. The Morgan fingerprint density at radius 3 is 2.41 bits per heavy atom. The Morgan fingerprint density at radius 1 is 1.04 bits per heavy atom. The molecule has 0 aliphatic heterocycles. The first kappa shape index (κ1) is 18.8. The lowest BCUT2D eigenvalue weighted by Crippen LogP contribution is -2.34. The molecule has 1 heterocycles. The van der Waals surface area contributed by atoms with Crippen LogP contribution in [0.25, 0.3) is 0 Å². The lowest BCUT2D eigenvalue weighted by molar-refractivity contribution is 0.0600. The quantitative estimate of drug-likeness (QED) is 0.620. The van der Waals surface area contributed by atoms with Crippen molar-refractivity contribution < 1.29 is 14.3 Å². The first-order chi connectivity index (χ1) is 13.2. The van der Waals surface area contributed by atoms with Gasteiger partial charge in [-0.1, -0.05) is 31.7 Å². The van der Waals surface area contributed by atoms with E-state index in [1.807, 2.05) is 0 Å². The lowest BCUT2D eigenvalue weighted by Gasteiger charge is -2.16. The van der Waals surface area contributed by atoms with Crippen LogP contribution in [0.1, 0.15) is 59.2 Å². The normalized spacial score (nSPS) is 14.9. The fourth-order valence-corrected chi connectivity index (χ4v) is 3.17. The highest BCUT2D eigenvalue weighted by atomic mass is 16.5. The van der Waals surface area contributed by atoms with Gasteiger partial charge in [-0.05, 0) is 31.0 Å². The van der Waals surface area contributed by atoms with Gasteiger partial charge in [-0.3, -0.25) is 4.79 Å². The Kier molecular flexibility index (Phi) is 6.35. The fourth-order valence-electron chi connectivity index (χ4n) is 3.17. The Morgan fingerprint density at radius 2 is 1.74 bits per heavy atom. The van der Waals surface area contributed by atoms with Crippen LogP contribution >= 0.6 is 0 Å². The van der Waals surface area contributed by atoms with E-state index < -0.39 is 5.97 Å². The number of carbonyl (C=O) groups excluding carboxylic acids is 2. The van der Waals surface area contributed by atoms with Gasteiger partial charge in [0.2, 0.25) is 5.95 Å². The van der Waals surface area contributed by atoms with E-state index in [-0.39, 0.29) is 11.9 Å². The highest BCUT2D eigenvalue weighted by molar-refractivity contribution is 5.94. The number of nitrogens with zero attached hydrogens (tertiary/aromatic N) is 2. The predicted molar refractivity (Wildman–Crippen MR) is 102 cm³/mol. The molecular weight excluding hydrogens is 344 g/mol. The van der Waals surface area contributed by atoms with Gasteiger partial charge < -0.3 is 15.4 Å². The number of hydrogen-bond donors (Lipinski definition) is 2. The molecule has 1 aliphatic rings. The molecule has 7 heteroatoms. The van der Waals surface area contributed by atoms with Gasteiger partial charge in [0.15, 0.2) is 0 Å². The second-order valence-electron chi connectivity index (χ2n) is 6.65. The van der Waals surface area contributed by atoms with E-state index in [0.717, 1.165) is 25.7 Å². The molecule has 0 unspecified atom stereocenters. The first-order valence-corrected chi connectivity index (χ1v) is 9.24. The van der Waals surface area contributed by atoms with E-state index in [0.29, 0.717) is 22.8 Å². The van der Waals surface area contributed by atoms with Crippen molar-refractivity contribution >= 4 is 23.5 Å². The van der Waals surface area contributed by atoms with Crippen LogP contribution in [0, 0.1) is 0 Å². The summed E-state index contributed by atoms with van der Waals surface area (Å²) < 4.78 is 4.71. The Balaban J connectivity index is 1.61. The smallest absolute Gasteiger partial charge is 0.337 e. The zero-order valence-electron chi connectivity index (χ0n) is 15.4. The summed E-state index contributed by atoms with van der Waals surface area (Å²) in [7, 11) is 1.34. The van der Waals surface area contributed by atoms with E-state index in [4.69, 9.17) is 4.74 Å². The molecule has 1 aliphatic carbocycles. The zero-order valence-corrected chi connectivity index (χ0v) is 15.4.